The Balaban J connectivity index is 1.64. The molecule has 2 aromatic carbocycles. The van der Waals surface area contributed by atoms with Crippen LogP contribution in [0.4, 0.5) is 0 Å². The molecule has 28 heavy (non-hydrogen) atoms. The first kappa shape index (κ1) is 19.6. The molecule has 1 aliphatic heterocycles. The highest BCUT2D eigenvalue weighted by atomic mass is 35.5. The van der Waals surface area contributed by atoms with Gasteiger partial charge in [0.1, 0.15) is 12.4 Å². The van der Waals surface area contributed by atoms with E-state index in [-0.39, 0.29) is 23.9 Å². The Labute approximate surface area is 167 Å². The van der Waals surface area contributed by atoms with Crippen LogP contribution in [0.15, 0.2) is 55.1 Å². The smallest absolute Gasteiger partial charge is 0.261 e. The van der Waals surface area contributed by atoms with Crippen molar-refractivity contribution in [2.75, 3.05) is 26.7 Å². The van der Waals surface area contributed by atoms with Gasteiger partial charge in [-0.3, -0.25) is 19.3 Å². The number of carbonyl (C=O) groups is 3. The number of imide groups is 1. The quantitative estimate of drug-likeness (QED) is 0.530. The largest absolute Gasteiger partial charge is 0.492 e. The van der Waals surface area contributed by atoms with Crippen LogP contribution >= 0.6 is 11.6 Å². The Hall–Kier alpha value is -3.12. The van der Waals surface area contributed by atoms with Gasteiger partial charge < -0.3 is 9.64 Å². The predicted octanol–water partition coefficient (Wildman–Crippen LogP) is 3.27. The summed E-state index contributed by atoms with van der Waals surface area (Å²) in [5, 5.41) is 0.621. The number of hydrogen-bond donors (Lipinski definition) is 0. The number of carbonyl (C=O) groups excluding carboxylic acids is 3. The summed E-state index contributed by atoms with van der Waals surface area (Å²) >= 11 is 5.83. The number of hydrogen-bond acceptors (Lipinski definition) is 4. The second-order valence-electron chi connectivity index (χ2n) is 6.30. The number of benzene rings is 2. The maximum absolute atomic E-state index is 12.7. The van der Waals surface area contributed by atoms with Crippen molar-refractivity contribution < 1.29 is 19.1 Å². The molecule has 0 aliphatic carbocycles. The molecule has 0 radical (unpaired) electrons. The minimum atomic E-state index is -0.414. The molecule has 0 saturated heterocycles. The zero-order valence-electron chi connectivity index (χ0n) is 15.4. The van der Waals surface area contributed by atoms with E-state index >= 15 is 0 Å². The lowest BCUT2D eigenvalue weighted by atomic mass is 10.1. The molecule has 0 unspecified atom stereocenters. The van der Waals surface area contributed by atoms with Crippen molar-refractivity contribution in [2.45, 2.75) is 0 Å². The highest BCUT2D eigenvalue weighted by Crippen LogP contribution is 2.24. The van der Waals surface area contributed by atoms with Gasteiger partial charge in [-0.25, -0.2) is 0 Å². The molecule has 0 saturated carbocycles. The van der Waals surface area contributed by atoms with E-state index < -0.39 is 5.91 Å². The number of amides is 3. The number of nitrogens with zero attached hydrogens (tertiary/aromatic N) is 2. The van der Waals surface area contributed by atoms with E-state index in [0.717, 1.165) is 4.90 Å². The lowest BCUT2D eigenvalue weighted by molar-refractivity contribution is 0.0671. The molecule has 0 fully saturated rings. The fraction of sp³-hybridized carbons (Fsp3) is 0.190. The van der Waals surface area contributed by atoms with Crippen molar-refractivity contribution in [3.05, 3.63) is 76.8 Å². The molecule has 3 rings (SSSR count). The van der Waals surface area contributed by atoms with Gasteiger partial charge in [0.2, 0.25) is 0 Å². The van der Waals surface area contributed by atoms with Crippen LogP contribution in [0.3, 0.4) is 0 Å². The second kappa shape index (κ2) is 8.27. The third-order valence-electron chi connectivity index (χ3n) is 4.39. The van der Waals surface area contributed by atoms with Gasteiger partial charge in [0, 0.05) is 24.2 Å². The van der Waals surface area contributed by atoms with Gasteiger partial charge >= 0.3 is 0 Å². The van der Waals surface area contributed by atoms with E-state index in [0.29, 0.717) is 35.1 Å². The summed E-state index contributed by atoms with van der Waals surface area (Å²) in [7, 11) is 1.65. The van der Waals surface area contributed by atoms with Gasteiger partial charge in [-0.05, 0) is 42.5 Å². The Bertz CT molecular complexity index is 940. The molecule has 1 heterocycles. The van der Waals surface area contributed by atoms with Gasteiger partial charge in [-0.1, -0.05) is 17.7 Å². The fourth-order valence-corrected chi connectivity index (χ4v) is 3.00. The molecular weight excluding hydrogens is 380 g/mol. The van der Waals surface area contributed by atoms with E-state index in [1.54, 1.807) is 37.4 Å². The van der Waals surface area contributed by atoms with Gasteiger partial charge in [-0.2, -0.15) is 0 Å². The van der Waals surface area contributed by atoms with Gasteiger partial charge in [0.25, 0.3) is 17.7 Å². The van der Waals surface area contributed by atoms with Crippen LogP contribution in [-0.4, -0.2) is 54.3 Å². The topological polar surface area (TPSA) is 66.9 Å². The zero-order chi connectivity index (χ0) is 20.3. The minimum absolute atomic E-state index is 0.136. The Morgan fingerprint density at radius 1 is 1.14 bits per heavy atom. The number of likely N-dealkylation sites (N-methyl/N-ethyl adjacent to an activating group) is 1. The lowest BCUT2D eigenvalue weighted by Gasteiger charge is -2.18. The zero-order valence-corrected chi connectivity index (χ0v) is 16.1. The van der Waals surface area contributed by atoms with E-state index in [9.17, 15) is 14.4 Å². The van der Waals surface area contributed by atoms with Crippen LogP contribution in [0, 0.1) is 0 Å². The minimum Gasteiger partial charge on any atom is -0.492 e. The maximum atomic E-state index is 12.7. The molecule has 1 aliphatic rings. The van der Waals surface area contributed by atoms with Crippen molar-refractivity contribution in [2.24, 2.45) is 0 Å². The molecule has 7 heteroatoms. The molecule has 3 amide bonds. The summed E-state index contributed by atoms with van der Waals surface area (Å²) in [4.78, 5) is 39.9. The average Bonchev–Trinajstić information content (AvgIpc) is 2.93. The SMILES string of the molecule is C=CCN1C(=O)c2ccc(C(=O)N(C)CCOc3ccc(Cl)cc3)cc2C1=O. The lowest BCUT2D eigenvalue weighted by Crippen LogP contribution is -2.31. The van der Waals surface area contributed by atoms with Crippen molar-refractivity contribution in [3.63, 3.8) is 0 Å². The van der Waals surface area contributed by atoms with Crippen LogP contribution < -0.4 is 4.74 Å². The third-order valence-corrected chi connectivity index (χ3v) is 4.64. The first-order valence-corrected chi connectivity index (χ1v) is 9.05. The molecular formula is C21H19ClN2O4. The monoisotopic (exact) mass is 398 g/mol. The van der Waals surface area contributed by atoms with Crippen LogP contribution in [0.5, 0.6) is 5.75 Å². The first-order chi connectivity index (χ1) is 13.4. The molecule has 6 nitrogen and oxygen atoms in total. The highest BCUT2D eigenvalue weighted by Gasteiger charge is 2.35. The Morgan fingerprint density at radius 2 is 1.82 bits per heavy atom. The number of ether oxygens (including phenoxy) is 1. The second-order valence-corrected chi connectivity index (χ2v) is 6.74. The van der Waals surface area contributed by atoms with Crippen LogP contribution in [-0.2, 0) is 0 Å². The summed E-state index contributed by atoms with van der Waals surface area (Å²) in [6.45, 7) is 4.35. The Morgan fingerprint density at radius 3 is 2.50 bits per heavy atom. The first-order valence-electron chi connectivity index (χ1n) is 8.67. The van der Waals surface area contributed by atoms with Gasteiger partial charge in [0.15, 0.2) is 0 Å². The Kier molecular flexibility index (Phi) is 5.80. The average molecular weight is 399 g/mol. The summed E-state index contributed by atoms with van der Waals surface area (Å²) in [5.41, 5.74) is 0.884. The van der Waals surface area contributed by atoms with Crippen molar-refractivity contribution >= 4 is 29.3 Å². The van der Waals surface area contributed by atoms with Gasteiger partial charge in [-0.15, -0.1) is 6.58 Å². The van der Waals surface area contributed by atoms with Crippen molar-refractivity contribution in [1.29, 1.82) is 0 Å². The molecule has 0 atom stereocenters. The molecule has 0 spiro atoms. The summed E-state index contributed by atoms with van der Waals surface area (Å²) in [6.07, 6.45) is 1.49. The van der Waals surface area contributed by atoms with E-state index in [4.69, 9.17) is 16.3 Å². The summed E-state index contributed by atoms with van der Waals surface area (Å²) in [5.74, 6) is -0.383. The third kappa shape index (κ3) is 3.92. The van der Waals surface area contributed by atoms with Crippen LogP contribution in [0.25, 0.3) is 0 Å². The normalized spacial score (nSPS) is 12.7. The molecule has 0 aromatic heterocycles. The van der Waals surface area contributed by atoms with Crippen molar-refractivity contribution in [3.8, 4) is 5.75 Å². The predicted molar refractivity (Wildman–Crippen MR) is 106 cm³/mol. The van der Waals surface area contributed by atoms with Crippen LogP contribution in [0.1, 0.15) is 31.1 Å². The molecule has 144 valence electrons. The number of rotatable bonds is 7. The van der Waals surface area contributed by atoms with Gasteiger partial charge in [0.05, 0.1) is 17.7 Å². The standard InChI is InChI=1S/C21H19ClN2O4/c1-3-10-24-20(26)17-9-4-14(13-18(17)21(24)27)19(25)23(2)11-12-28-16-7-5-15(22)6-8-16/h3-9,13H,1,10-12H2,2H3. The highest BCUT2D eigenvalue weighted by molar-refractivity contribution is 6.30. The number of fused-ring (bicyclic) bond motifs is 1. The molecule has 0 bridgehead atoms. The number of halogens is 1. The molecule has 0 N–H and O–H groups in total. The fourth-order valence-electron chi connectivity index (χ4n) is 2.87. The van der Waals surface area contributed by atoms with Crippen molar-refractivity contribution in [1.82, 2.24) is 9.80 Å². The van der Waals surface area contributed by atoms with E-state index in [1.807, 2.05) is 0 Å². The van der Waals surface area contributed by atoms with Crippen LogP contribution in [0.2, 0.25) is 5.02 Å². The van der Waals surface area contributed by atoms with E-state index in [2.05, 4.69) is 6.58 Å². The van der Waals surface area contributed by atoms with E-state index in [1.165, 1.54) is 23.1 Å². The molecule has 2 aromatic rings. The maximum Gasteiger partial charge on any atom is 0.261 e. The summed E-state index contributed by atoms with van der Waals surface area (Å²) in [6, 6.07) is 11.5. The summed E-state index contributed by atoms with van der Waals surface area (Å²) < 4.78 is 5.60.